The Morgan fingerprint density at radius 2 is 1.68 bits per heavy atom. The third-order valence-corrected chi connectivity index (χ3v) is 5.23. The van der Waals surface area contributed by atoms with Crippen molar-refractivity contribution in [2.75, 3.05) is 12.1 Å². The maximum absolute atomic E-state index is 12.8. The Labute approximate surface area is 180 Å². The van der Waals surface area contributed by atoms with Crippen LogP contribution in [0.4, 0.5) is 5.69 Å². The Morgan fingerprint density at radius 3 is 2.42 bits per heavy atom. The van der Waals surface area contributed by atoms with Crippen molar-refractivity contribution in [2.24, 2.45) is 0 Å². The summed E-state index contributed by atoms with van der Waals surface area (Å²) >= 11 is 0. The van der Waals surface area contributed by atoms with Gasteiger partial charge in [0.25, 0.3) is 0 Å². The minimum absolute atomic E-state index is 0.101. The second-order valence-electron chi connectivity index (χ2n) is 7.40. The highest BCUT2D eigenvalue weighted by Crippen LogP contribution is 2.36. The minimum Gasteiger partial charge on any atom is -0.545 e. The van der Waals surface area contributed by atoms with Gasteiger partial charge in [-0.15, -0.1) is 0 Å². The lowest BCUT2D eigenvalue weighted by Crippen LogP contribution is -2.22. The van der Waals surface area contributed by atoms with Gasteiger partial charge in [0.05, 0.1) is 12.0 Å². The van der Waals surface area contributed by atoms with Crippen molar-refractivity contribution in [1.29, 1.82) is 0 Å². The molecule has 0 bridgehead atoms. The number of fused-ring (bicyclic) bond motifs is 1. The Hall–Kier alpha value is -3.80. The van der Waals surface area contributed by atoms with Crippen LogP contribution in [0.2, 0.25) is 0 Å². The van der Waals surface area contributed by atoms with Crippen LogP contribution < -0.4 is 19.9 Å². The summed E-state index contributed by atoms with van der Waals surface area (Å²) in [5.41, 5.74) is 2.83. The molecule has 4 rings (SSSR count). The van der Waals surface area contributed by atoms with Crippen molar-refractivity contribution in [2.45, 2.75) is 25.3 Å². The van der Waals surface area contributed by atoms with Crippen LogP contribution in [0.5, 0.6) is 11.5 Å². The number of carboxylic acid groups (broad SMARTS) is 1. The summed E-state index contributed by atoms with van der Waals surface area (Å²) in [6.07, 6.45) is 1.42. The van der Waals surface area contributed by atoms with Crippen molar-refractivity contribution >= 4 is 17.4 Å². The number of Topliss-reactive ketones (excluding diaryl/α,β-unsaturated/α-hetero) is 1. The molecule has 3 aromatic rings. The van der Waals surface area contributed by atoms with Gasteiger partial charge in [0, 0.05) is 18.5 Å². The number of carbonyl (C=O) groups excluding carboxylic acids is 2. The summed E-state index contributed by atoms with van der Waals surface area (Å²) in [6.45, 7) is 0.178. The van der Waals surface area contributed by atoms with Crippen LogP contribution in [0.1, 0.15) is 40.4 Å². The maximum Gasteiger partial charge on any atom is 0.231 e. The summed E-state index contributed by atoms with van der Waals surface area (Å²) in [5.74, 6) is 0.227. The van der Waals surface area contributed by atoms with Gasteiger partial charge >= 0.3 is 0 Å². The number of hydrogen-bond acceptors (Lipinski definition) is 6. The molecule has 0 radical (unpaired) electrons. The van der Waals surface area contributed by atoms with Gasteiger partial charge in [-0.1, -0.05) is 48.5 Å². The smallest absolute Gasteiger partial charge is 0.231 e. The minimum atomic E-state index is -1.23. The molecule has 6 heteroatoms. The van der Waals surface area contributed by atoms with Crippen LogP contribution in [0.25, 0.3) is 0 Å². The molecule has 0 aliphatic carbocycles. The molecule has 158 valence electrons. The molecule has 31 heavy (non-hydrogen) atoms. The molecule has 0 aromatic heterocycles. The summed E-state index contributed by atoms with van der Waals surface area (Å²) < 4.78 is 10.9. The Bertz CT molecular complexity index is 1060. The van der Waals surface area contributed by atoms with Gasteiger partial charge in [-0.25, -0.2) is 0 Å². The largest absolute Gasteiger partial charge is 0.545 e. The van der Waals surface area contributed by atoms with Gasteiger partial charge < -0.3 is 24.7 Å². The fraction of sp³-hybridized carbons (Fsp3) is 0.200. The van der Waals surface area contributed by atoms with E-state index in [9.17, 15) is 14.7 Å². The van der Waals surface area contributed by atoms with Crippen LogP contribution >= 0.6 is 0 Å². The molecule has 0 saturated heterocycles. The normalized spacial score (nSPS) is 12.9. The molecule has 1 aliphatic heterocycles. The van der Waals surface area contributed by atoms with Crippen LogP contribution in [0.15, 0.2) is 72.8 Å². The Morgan fingerprint density at radius 1 is 0.935 bits per heavy atom. The first-order chi connectivity index (χ1) is 15.1. The molecular formula is C25H22NO5-. The lowest BCUT2D eigenvalue weighted by Gasteiger charge is -2.21. The van der Waals surface area contributed by atoms with Crippen molar-refractivity contribution in [3.63, 3.8) is 0 Å². The number of benzene rings is 3. The van der Waals surface area contributed by atoms with Gasteiger partial charge in [0.2, 0.25) is 6.79 Å². The standard InChI is InChI=1S/C25H23NO5/c27-21(12-6-17-4-2-1-3-5-17)15-22(19-9-13-23-24(14-19)31-16-30-23)26-20-10-7-18(8-11-20)25(28)29/h1-5,7-11,13-14,22,26H,6,12,15-16H2,(H,28,29)/p-1/t22-/m0/s1. The number of ether oxygens (including phenoxy) is 2. The van der Waals surface area contributed by atoms with Crippen LogP contribution in [0.3, 0.4) is 0 Å². The summed E-state index contributed by atoms with van der Waals surface area (Å²) in [6, 6.07) is 21.5. The topological polar surface area (TPSA) is 87.7 Å². The number of aryl methyl sites for hydroxylation is 1. The van der Waals surface area contributed by atoms with Crippen LogP contribution in [-0.4, -0.2) is 18.5 Å². The molecule has 3 aromatic carbocycles. The van der Waals surface area contributed by atoms with Gasteiger partial charge in [0.15, 0.2) is 11.5 Å². The molecule has 0 saturated carbocycles. The lowest BCUT2D eigenvalue weighted by atomic mass is 9.97. The maximum atomic E-state index is 12.8. The number of carbonyl (C=O) groups is 2. The van der Waals surface area contributed by atoms with E-state index in [0.717, 1.165) is 11.1 Å². The van der Waals surface area contributed by atoms with Gasteiger partial charge in [-0.3, -0.25) is 4.79 Å². The molecule has 6 nitrogen and oxygen atoms in total. The number of hydrogen-bond donors (Lipinski definition) is 1. The van der Waals surface area contributed by atoms with E-state index in [4.69, 9.17) is 9.47 Å². The van der Waals surface area contributed by atoms with Crippen molar-refractivity contribution in [3.05, 3.63) is 89.5 Å². The number of aromatic carboxylic acids is 1. The predicted molar refractivity (Wildman–Crippen MR) is 114 cm³/mol. The number of ketones is 1. The Balaban J connectivity index is 1.50. The van der Waals surface area contributed by atoms with E-state index < -0.39 is 5.97 Å². The quantitative estimate of drug-likeness (QED) is 0.574. The molecule has 1 heterocycles. The van der Waals surface area contributed by atoms with Crippen molar-refractivity contribution in [3.8, 4) is 11.5 Å². The van der Waals surface area contributed by atoms with E-state index in [-0.39, 0.29) is 30.6 Å². The van der Waals surface area contributed by atoms with E-state index in [1.54, 1.807) is 12.1 Å². The predicted octanol–water partition coefficient (Wildman–Crippen LogP) is 3.52. The van der Waals surface area contributed by atoms with Gasteiger partial charge in [0.1, 0.15) is 5.78 Å². The van der Waals surface area contributed by atoms with Crippen LogP contribution in [0, 0.1) is 0 Å². The average molecular weight is 416 g/mol. The third-order valence-electron chi connectivity index (χ3n) is 5.23. The third kappa shape index (κ3) is 5.22. The van der Waals surface area contributed by atoms with E-state index in [1.165, 1.54) is 12.1 Å². The monoisotopic (exact) mass is 416 g/mol. The first kappa shape index (κ1) is 20.5. The van der Waals surface area contributed by atoms with Crippen molar-refractivity contribution < 1.29 is 24.2 Å². The van der Waals surface area contributed by atoms with Crippen LogP contribution in [-0.2, 0) is 11.2 Å². The second-order valence-corrected chi connectivity index (χ2v) is 7.40. The molecule has 0 spiro atoms. The van der Waals surface area contributed by atoms with E-state index in [0.29, 0.717) is 30.0 Å². The summed E-state index contributed by atoms with van der Waals surface area (Å²) in [7, 11) is 0. The highest BCUT2D eigenvalue weighted by molar-refractivity contribution is 5.86. The van der Waals surface area contributed by atoms with Crippen molar-refractivity contribution in [1.82, 2.24) is 0 Å². The van der Waals surface area contributed by atoms with Gasteiger partial charge in [-0.2, -0.15) is 0 Å². The molecule has 0 unspecified atom stereocenters. The molecule has 1 atom stereocenters. The average Bonchev–Trinajstić information content (AvgIpc) is 3.26. The van der Waals surface area contributed by atoms with Gasteiger partial charge in [-0.05, 0) is 47.4 Å². The number of carboxylic acids is 1. The fourth-order valence-electron chi connectivity index (χ4n) is 3.54. The molecule has 0 amide bonds. The van der Waals surface area contributed by atoms with E-state index in [1.807, 2.05) is 48.5 Å². The van der Waals surface area contributed by atoms with E-state index >= 15 is 0 Å². The first-order valence-electron chi connectivity index (χ1n) is 10.1. The van der Waals surface area contributed by atoms with E-state index in [2.05, 4.69) is 5.32 Å². The zero-order valence-corrected chi connectivity index (χ0v) is 16.9. The number of rotatable bonds is 9. The Kier molecular flexibility index (Phi) is 6.17. The molecule has 1 N–H and O–H groups in total. The zero-order valence-electron chi connectivity index (χ0n) is 16.9. The molecule has 1 aliphatic rings. The fourth-order valence-corrected chi connectivity index (χ4v) is 3.54. The SMILES string of the molecule is O=C(CCc1ccccc1)C[C@H](Nc1ccc(C(=O)[O-])cc1)c1ccc2c(c1)OCO2. The molecule has 0 fully saturated rings. The summed E-state index contributed by atoms with van der Waals surface area (Å²) in [5, 5.41) is 14.3. The first-order valence-corrected chi connectivity index (χ1v) is 10.1. The second kappa shape index (κ2) is 9.34. The number of nitrogens with one attached hydrogen (secondary N) is 1. The lowest BCUT2D eigenvalue weighted by molar-refractivity contribution is -0.255. The highest BCUT2D eigenvalue weighted by Gasteiger charge is 2.20. The highest BCUT2D eigenvalue weighted by atomic mass is 16.7. The summed E-state index contributed by atoms with van der Waals surface area (Å²) in [4.78, 5) is 23.8. The molecular weight excluding hydrogens is 394 g/mol. The number of anilines is 1. The zero-order chi connectivity index (χ0) is 21.6.